The monoisotopic (exact) mass is 281 g/mol. The predicted octanol–water partition coefficient (Wildman–Crippen LogP) is 4.45. The zero-order chi connectivity index (χ0) is 13.9. The average Bonchev–Trinajstić information content (AvgIpc) is 2.86. The van der Waals surface area contributed by atoms with Crippen LogP contribution in [0.3, 0.4) is 0 Å². The third-order valence-electron chi connectivity index (χ3n) is 3.19. The number of benzene rings is 2. The number of fused-ring (bicyclic) bond motifs is 1. The Hall–Kier alpha value is -2.00. The van der Waals surface area contributed by atoms with E-state index in [0.717, 1.165) is 27.6 Å². The number of hydrogen-bond donors (Lipinski definition) is 0. The molecule has 0 saturated carbocycles. The molecule has 3 heteroatoms. The first-order valence-electron chi connectivity index (χ1n) is 6.63. The average molecular weight is 281 g/mol. The number of Topliss-reactive ketones (excluding diaryl/α,β-unsaturated/α-hetero) is 1. The van der Waals surface area contributed by atoms with Crippen LogP contribution in [0, 0.1) is 0 Å². The van der Waals surface area contributed by atoms with Crippen LogP contribution in [0.4, 0.5) is 5.69 Å². The molecule has 0 fully saturated rings. The van der Waals surface area contributed by atoms with Gasteiger partial charge in [0.15, 0.2) is 5.78 Å². The zero-order valence-corrected chi connectivity index (χ0v) is 12.1. The lowest BCUT2D eigenvalue weighted by Gasteiger charge is -2.04. The van der Waals surface area contributed by atoms with E-state index in [1.165, 1.54) is 0 Å². The lowest BCUT2D eigenvalue weighted by Crippen LogP contribution is -2.02. The van der Waals surface area contributed by atoms with E-state index in [1.54, 1.807) is 0 Å². The second-order valence-corrected chi connectivity index (χ2v) is 6.34. The summed E-state index contributed by atoms with van der Waals surface area (Å²) >= 11 is 0. The summed E-state index contributed by atoms with van der Waals surface area (Å²) in [5.74, 6) is 0.0757. The first kappa shape index (κ1) is 13.0. The van der Waals surface area contributed by atoms with Crippen LogP contribution >= 0.6 is 10.5 Å². The molecular formula is C17H15NOS. The van der Waals surface area contributed by atoms with Crippen molar-refractivity contribution in [2.24, 2.45) is 4.99 Å². The Balaban J connectivity index is 2.03. The van der Waals surface area contributed by atoms with E-state index in [9.17, 15) is 4.79 Å². The zero-order valence-electron chi connectivity index (χ0n) is 11.2. The van der Waals surface area contributed by atoms with Gasteiger partial charge in [0.25, 0.3) is 0 Å². The highest BCUT2D eigenvalue weighted by molar-refractivity contribution is 8.29. The molecule has 3 rings (SSSR count). The maximum absolute atomic E-state index is 12.4. The second-order valence-electron chi connectivity index (χ2n) is 4.51. The Kier molecular flexibility index (Phi) is 3.61. The van der Waals surface area contributed by atoms with Crippen LogP contribution in [-0.4, -0.2) is 16.2 Å². The molecular weight excluding hydrogens is 266 g/mol. The van der Waals surface area contributed by atoms with Gasteiger partial charge in [-0.05, 0) is 18.6 Å². The summed E-state index contributed by atoms with van der Waals surface area (Å²) < 4.78 is 0. The third kappa shape index (κ3) is 2.37. The van der Waals surface area contributed by atoms with Gasteiger partial charge in [0.05, 0.1) is 10.7 Å². The summed E-state index contributed by atoms with van der Waals surface area (Å²) in [5, 5.41) is 2.92. The van der Waals surface area contributed by atoms with Crippen LogP contribution in [0.25, 0.3) is 0 Å². The lowest BCUT2D eigenvalue weighted by molar-refractivity contribution is 0.107. The third-order valence-corrected chi connectivity index (χ3v) is 5.34. The minimum atomic E-state index is -0.295. The normalized spacial score (nSPS) is 16.9. The van der Waals surface area contributed by atoms with Gasteiger partial charge in [0.2, 0.25) is 0 Å². The Morgan fingerprint density at radius 2 is 1.80 bits per heavy atom. The highest BCUT2D eigenvalue weighted by Crippen LogP contribution is 2.43. The molecule has 0 spiro atoms. The minimum absolute atomic E-state index is 0.0757. The molecule has 0 saturated heterocycles. The molecule has 0 radical (unpaired) electrons. The molecule has 2 aromatic carbocycles. The molecule has 1 heterocycles. The van der Waals surface area contributed by atoms with Gasteiger partial charge in [-0.1, -0.05) is 49.4 Å². The van der Waals surface area contributed by atoms with E-state index in [0.29, 0.717) is 0 Å². The van der Waals surface area contributed by atoms with E-state index in [-0.39, 0.29) is 16.3 Å². The second kappa shape index (κ2) is 5.55. The van der Waals surface area contributed by atoms with Crippen LogP contribution in [0.1, 0.15) is 23.7 Å². The van der Waals surface area contributed by atoms with Crippen molar-refractivity contribution in [2.45, 2.75) is 18.2 Å². The van der Waals surface area contributed by atoms with E-state index >= 15 is 0 Å². The fraction of sp³-hybridized carbons (Fsp3) is 0.118. The predicted molar refractivity (Wildman–Crippen MR) is 86.5 cm³/mol. The van der Waals surface area contributed by atoms with Crippen LogP contribution in [-0.2, 0) is 0 Å². The van der Waals surface area contributed by atoms with Crippen molar-refractivity contribution >= 4 is 32.4 Å². The van der Waals surface area contributed by atoms with Gasteiger partial charge >= 0.3 is 0 Å². The highest BCUT2D eigenvalue weighted by atomic mass is 32.2. The first-order chi connectivity index (χ1) is 9.79. The van der Waals surface area contributed by atoms with Crippen molar-refractivity contribution in [1.82, 2.24) is 0 Å². The number of carbonyl (C=O) groups is 1. The van der Waals surface area contributed by atoms with Crippen molar-refractivity contribution in [1.29, 1.82) is 0 Å². The summed E-state index contributed by atoms with van der Waals surface area (Å²) in [7, 11) is -0.295. The Labute approximate surface area is 121 Å². The maximum Gasteiger partial charge on any atom is 0.192 e. The number of rotatable bonds is 3. The molecule has 2 aromatic rings. The molecule has 1 unspecified atom stereocenters. The summed E-state index contributed by atoms with van der Waals surface area (Å²) in [6.07, 6.45) is 0.871. The van der Waals surface area contributed by atoms with Crippen LogP contribution in [0.5, 0.6) is 0 Å². The number of hydrogen-bond acceptors (Lipinski definition) is 2. The fourth-order valence-corrected chi connectivity index (χ4v) is 4.13. The molecule has 0 amide bonds. The maximum atomic E-state index is 12.4. The Morgan fingerprint density at radius 1 is 1.10 bits per heavy atom. The highest BCUT2D eigenvalue weighted by Gasteiger charge is 2.19. The molecule has 0 aliphatic carbocycles. The number of ketones is 1. The molecule has 20 heavy (non-hydrogen) atoms. The fourth-order valence-electron chi connectivity index (χ4n) is 2.19. The van der Waals surface area contributed by atoms with Crippen molar-refractivity contribution in [3.05, 3.63) is 60.2 Å². The van der Waals surface area contributed by atoms with E-state index in [1.807, 2.05) is 53.9 Å². The van der Waals surface area contributed by atoms with Gasteiger partial charge in [-0.15, -0.1) is 10.5 Å². The van der Waals surface area contributed by atoms with Crippen LogP contribution < -0.4 is 0 Å². The molecule has 1 aliphatic rings. The summed E-state index contributed by atoms with van der Waals surface area (Å²) in [6.45, 7) is 2.09. The molecule has 0 N–H and O–H groups in total. The standard InChI is InChI=1S/C17H15NOS/c1-2-17-18-14-10-6-7-11-16(14)20(17)12-15(19)13-8-4-3-5-9-13/h3-12H,2H2,1H3. The van der Waals surface area contributed by atoms with Crippen molar-refractivity contribution in [2.75, 3.05) is 0 Å². The molecule has 2 nitrogen and oxygen atoms in total. The van der Waals surface area contributed by atoms with Gasteiger partial charge in [-0.2, -0.15) is 0 Å². The minimum Gasteiger partial charge on any atom is -0.289 e. The van der Waals surface area contributed by atoms with Crippen LogP contribution in [0.15, 0.2) is 64.5 Å². The molecule has 1 aliphatic heterocycles. The van der Waals surface area contributed by atoms with E-state index in [4.69, 9.17) is 0 Å². The molecule has 100 valence electrons. The Bertz CT molecular complexity index is 717. The number of aliphatic imine (C=N–C) groups is 1. The topological polar surface area (TPSA) is 29.4 Å². The van der Waals surface area contributed by atoms with Gasteiger partial charge < -0.3 is 0 Å². The molecule has 0 aromatic heterocycles. The number of carbonyl (C=O) groups excluding carboxylic acids is 1. The van der Waals surface area contributed by atoms with Gasteiger partial charge in [0, 0.05) is 15.8 Å². The van der Waals surface area contributed by atoms with Crippen molar-refractivity contribution < 1.29 is 4.79 Å². The van der Waals surface area contributed by atoms with E-state index < -0.39 is 0 Å². The summed E-state index contributed by atoms with van der Waals surface area (Å²) in [4.78, 5) is 18.2. The van der Waals surface area contributed by atoms with Crippen LogP contribution in [0.2, 0.25) is 0 Å². The van der Waals surface area contributed by atoms with Gasteiger partial charge in [0.1, 0.15) is 0 Å². The summed E-state index contributed by atoms with van der Waals surface area (Å²) in [6, 6.07) is 17.5. The quantitative estimate of drug-likeness (QED) is 0.603. The Morgan fingerprint density at radius 3 is 2.55 bits per heavy atom. The van der Waals surface area contributed by atoms with E-state index in [2.05, 4.69) is 18.0 Å². The SMILES string of the molecule is CCC1=Nc2ccccc2S1=CC(=O)c1ccccc1. The smallest absolute Gasteiger partial charge is 0.192 e. The van der Waals surface area contributed by atoms with Gasteiger partial charge in [-0.3, -0.25) is 4.79 Å². The number of nitrogens with zero attached hydrogens (tertiary/aromatic N) is 1. The van der Waals surface area contributed by atoms with Crippen molar-refractivity contribution in [3.8, 4) is 0 Å². The van der Waals surface area contributed by atoms with Crippen molar-refractivity contribution in [3.63, 3.8) is 0 Å². The number of para-hydroxylation sites is 1. The first-order valence-corrected chi connectivity index (χ1v) is 7.92. The van der Waals surface area contributed by atoms with Gasteiger partial charge in [-0.25, -0.2) is 4.99 Å². The molecule has 1 atom stereocenters. The summed E-state index contributed by atoms with van der Waals surface area (Å²) in [5.41, 5.74) is 1.74. The largest absolute Gasteiger partial charge is 0.289 e. The molecule has 0 bridgehead atoms. The lowest BCUT2D eigenvalue weighted by atomic mass is 10.2.